The highest BCUT2D eigenvalue weighted by Crippen LogP contribution is 2.22. The third-order valence-corrected chi connectivity index (χ3v) is 2.73. The molecule has 0 saturated carbocycles. The van der Waals surface area contributed by atoms with Crippen molar-refractivity contribution in [3.8, 4) is 0 Å². The maximum atomic E-state index is 11.4. The second-order valence-corrected chi connectivity index (χ2v) is 6.13. The van der Waals surface area contributed by atoms with Crippen molar-refractivity contribution in [2.24, 2.45) is 0 Å². The van der Waals surface area contributed by atoms with E-state index in [4.69, 9.17) is 4.74 Å². The molecule has 1 amide bonds. The monoisotopic (exact) mass is 219 g/mol. The van der Waals surface area contributed by atoms with Crippen LogP contribution in [-0.4, -0.2) is 36.2 Å². The average Bonchev–Trinajstić information content (AvgIpc) is 2.00. The zero-order valence-electron chi connectivity index (χ0n) is 9.72. The van der Waals surface area contributed by atoms with Crippen LogP contribution in [0.5, 0.6) is 0 Å². The van der Waals surface area contributed by atoms with Crippen molar-refractivity contribution in [1.82, 2.24) is 5.32 Å². The molecule has 1 unspecified atom stereocenters. The van der Waals surface area contributed by atoms with E-state index in [1.165, 1.54) is 0 Å². The molecule has 1 atom stereocenters. The molecular formula is C10H21NO2S. The molecule has 0 aliphatic rings. The van der Waals surface area contributed by atoms with E-state index in [0.717, 1.165) is 0 Å². The molecule has 4 heteroatoms. The first-order chi connectivity index (χ1) is 6.35. The molecule has 0 aliphatic heterocycles. The Labute approximate surface area is 91.0 Å². The standard InChI is InChI=1S/C10H21NO2S/c1-8(6-13-5)11-9(12)7-14-10(2,3)4/h8H,6-7H2,1-5H3,(H,11,12). The molecule has 0 aromatic rings. The third-order valence-electron chi connectivity index (χ3n) is 1.46. The Morgan fingerprint density at radius 2 is 2.07 bits per heavy atom. The van der Waals surface area contributed by atoms with Crippen LogP contribution in [0.25, 0.3) is 0 Å². The summed E-state index contributed by atoms with van der Waals surface area (Å²) in [5.41, 5.74) is 0. The van der Waals surface area contributed by atoms with Gasteiger partial charge in [-0.1, -0.05) is 20.8 Å². The van der Waals surface area contributed by atoms with E-state index in [9.17, 15) is 4.79 Å². The van der Waals surface area contributed by atoms with Crippen molar-refractivity contribution in [2.75, 3.05) is 19.5 Å². The van der Waals surface area contributed by atoms with Gasteiger partial charge in [-0.25, -0.2) is 0 Å². The number of rotatable bonds is 5. The van der Waals surface area contributed by atoms with Gasteiger partial charge in [-0.05, 0) is 6.92 Å². The summed E-state index contributed by atoms with van der Waals surface area (Å²) in [6.07, 6.45) is 0. The van der Waals surface area contributed by atoms with Gasteiger partial charge < -0.3 is 10.1 Å². The molecule has 84 valence electrons. The van der Waals surface area contributed by atoms with Gasteiger partial charge in [-0.3, -0.25) is 4.79 Å². The van der Waals surface area contributed by atoms with E-state index in [-0.39, 0.29) is 16.7 Å². The Morgan fingerprint density at radius 3 is 2.50 bits per heavy atom. The van der Waals surface area contributed by atoms with Gasteiger partial charge in [0.05, 0.1) is 12.4 Å². The van der Waals surface area contributed by atoms with Gasteiger partial charge in [0.15, 0.2) is 0 Å². The molecule has 0 heterocycles. The predicted molar refractivity (Wildman–Crippen MR) is 61.7 cm³/mol. The largest absolute Gasteiger partial charge is 0.383 e. The van der Waals surface area contributed by atoms with Gasteiger partial charge in [-0.15, -0.1) is 11.8 Å². The van der Waals surface area contributed by atoms with Crippen LogP contribution < -0.4 is 5.32 Å². The lowest BCUT2D eigenvalue weighted by Crippen LogP contribution is -2.37. The van der Waals surface area contributed by atoms with Crippen molar-refractivity contribution < 1.29 is 9.53 Å². The van der Waals surface area contributed by atoms with Crippen LogP contribution in [0.4, 0.5) is 0 Å². The average molecular weight is 219 g/mol. The van der Waals surface area contributed by atoms with E-state index < -0.39 is 0 Å². The van der Waals surface area contributed by atoms with Crippen LogP contribution in [0.1, 0.15) is 27.7 Å². The highest BCUT2D eigenvalue weighted by atomic mass is 32.2. The summed E-state index contributed by atoms with van der Waals surface area (Å²) < 4.78 is 5.07. The second-order valence-electron chi connectivity index (χ2n) is 4.32. The van der Waals surface area contributed by atoms with Crippen LogP contribution in [0.3, 0.4) is 0 Å². The lowest BCUT2D eigenvalue weighted by molar-refractivity contribution is -0.119. The normalized spacial score (nSPS) is 13.8. The summed E-state index contributed by atoms with van der Waals surface area (Å²) >= 11 is 1.65. The highest BCUT2D eigenvalue weighted by molar-refractivity contribution is 8.01. The number of ether oxygens (including phenoxy) is 1. The van der Waals surface area contributed by atoms with Crippen LogP contribution in [-0.2, 0) is 9.53 Å². The Hall–Kier alpha value is -0.220. The summed E-state index contributed by atoms with van der Waals surface area (Å²) in [6.45, 7) is 8.80. The molecule has 0 spiro atoms. The molecule has 0 aromatic heterocycles. The fourth-order valence-corrected chi connectivity index (χ4v) is 1.54. The maximum Gasteiger partial charge on any atom is 0.230 e. The van der Waals surface area contributed by atoms with Gasteiger partial charge in [0.2, 0.25) is 5.91 Å². The zero-order chi connectivity index (χ0) is 11.2. The molecule has 1 N–H and O–H groups in total. The van der Waals surface area contributed by atoms with E-state index in [2.05, 4.69) is 26.1 Å². The van der Waals surface area contributed by atoms with Gasteiger partial charge in [0.25, 0.3) is 0 Å². The molecule has 0 saturated heterocycles. The van der Waals surface area contributed by atoms with Crippen molar-refractivity contribution in [3.05, 3.63) is 0 Å². The van der Waals surface area contributed by atoms with Crippen LogP contribution in [0.2, 0.25) is 0 Å². The topological polar surface area (TPSA) is 38.3 Å². The van der Waals surface area contributed by atoms with E-state index in [1.807, 2.05) is 6.92 Å². The van der Waals surface area contributed by atoms with Crippen LogP contribution in [0.15, 0.2) is 0 Å². The van der Waals surface area contributed by atoms with Gasteiger partial charge >= 0.3 is 0 Å². The van der Waals surface area contributed by atoms with Crippen molar-refractivity contribution in [3.63, 3.8) is 0 Å². The Bertz CT molecular complexity index is 177. The number of nitrogens with one attached hydrogen (secondary N) is 1. The summed E-state index contributed by atoms with van der Waals surface area (Å²) in [4.78, 5) is 11.4. The van der Waals surface area contributed by atoms with Crippen molar-refractivity contribution in [2.45, 2.75) is 38.5 Å². The number of hydrogen-bond acceptors (Lipinski definition) is 3. The van der Waals surface area contributed by atoms with E-state index in [0.29, 0.717) is 12.4 Å². The first-order valence-electron chi connectivity index (χ1n) is 4.77. The molecule has 3 nitrogen and oxygen atoms in total. The molecule has 0 fully saturated rings. The number of carbonyl (C=O) groups excluding carboxylic acids is 1. The lowest BCUT2D eigenvalue weighted by atomic mass is 10.3. The number of amides is 1. The SMILES string of the molecule is COCC(C)NC(=O)CSC(C)(C)C. The maximum absolute atomic E-state index is 11.4. The minimum Gasteiger partial charge on any atom is -0.383 e. The second kappa shape index (κ2) is 6.30. The fraction of sp³-hybridized carbons (Fsp3) is 0.900. The minimum absolute atomic E-state index is 0.0782. The fourth-order valence-electron chi connectivity index (χ4n) is 0.890. The van der Waals surface area contributed by atoms with Gasteiger partial charge in [0.1, 0.15) is 0 Å². The molecule has 0 radical (unpaired) electrons. The summed E-state index contributed by atoms with van der Waals surface area (Å²) in [5, 5.41) is 2.87. The number of hydrogen-bond donors (Lipinski definition) is 1. The quantitative estimate of drug-likeness (QED) is 0.764. The number of thioether (sulfide) groups is 1. The highest BCUT2D eigenvalue weighted by Gasteiger charge is 2.14. The van der Waals surface area contributed by atoms with Crippen molar-refractivity contribution in [1.29, 1.82) is 0 Å². The summed E-state index contributed by atoms with van der Waals surface area (Å²) in [7, 11) is 1.63. The minimum atomic E-state index is 0.0782. The van der Waals surface area contributed by atoms with Gasteiger partial charge in [0, 0.05) is 17.9 Å². The molecular weight excluding hydrogens is 198 g/mol. The van der Waals surface area contributed by atoms with Crippen LogP contribution in [0, 0.1) is 0 Å². The van der Waals surface area contributed by atoms with Crippen LogP contribution >= 0.6 is 11.8 Å². The Balaban J connectivity index is 3.65. The zero-order valence-corrected chi connectivity index (χ0v) is 10.5. The first kappa shape index (κ1) is 13.8. The smallest absolute Gasteiger partial charge is 0.230 e. The molecule has 0 rings (SSSR count). The van der Waals surface area contributed by atoms with E-state index >= 15 is 0 Å². The molecule has 0 aliphatic carbocycles. The molecule has 0 aromatic carbocycles. The Morgan fingerprint density at radius 1 is 1.50 bits per heavy atom. The molecule has 0 bridgehead atoms. The van der Waals surface area contributed by atoms with E-state index in [1.54, 1.807) is 18.9 Å². The lowest BCUT2D eigenvalue weighted by Gasteiger charge is -2.18. The van der Waals surface area contributed by atoms with Crippen molar-refractivity contribution >= 4 is 17.7 Å². The number of methoxy groups -OCH3 is 1. The summed E-state index contributed by atoms with van der Waals surface area (Å²) in [5.74, 6) is 0.590. The predicted octanol–water partition coefficient (Wildman–Crippen LogP) is 1.67. The van der Waals surface area contributed by atoms with Gasteiger partial charge in [-0.2, -0.15) is 0 Å². The number of carbonyl (C=O) groups is 1. The Kier molecular flexibility index (Phi) is 6.20. The third kappa shape index (κ3) is 8.38. The first-order valence-corrected chi connectivity index (χ1v) is 5.76. The molecule has 14 heavy (non-hydrogen) atoms. The summed E-state index contributed by atoms with van der Waals surface area (Å²) in [6, 6.07) is 0.0908.